The van der Waals surface area contributed by atoms with E-state index >= 15 is 0 Å². The molecule has 1 rings (SSSR count). The van der Waals surface area contributed by atoms with Crippen molar-refractivity contribution in [2.24, 2.45) is 16.5 Å². The number of pyridine rings is 1. The minimum absolute atomic E-state index is 0.172. The fourth-order valence-electron chi connectivity index (χ4n) is 1.64. The highest BCUT2D eigenvalue weighted by Crippen LogP contribution is 2.15. The van der Waals surface area contributed by atoms with Crippen molar-refractivity contribution in [1.82, 2.24) is 4.98 Å². The quantitative estimate of drug-likeness (QED) is 0.633. The molecule has 0 unspecified atom stereocenters. The van der Waals surface area contributed by atoms with Crippen molar-refractivity contribution < 1.29 is 9.68 Å². The first kappa shape index (κ1) is 15.6. The van der Waals surface area contributed by atoms with E-state index < -0.39 is 0 Å². The molecule has 0 amide bonds. The third-order valence-corrected chi connectivity index (χ3v) is 2.60. The molecular formula is C14H23N3O2. The summed E-state index contributed by atoms with van der Waals surface area (Å²) in [6.07, 6.45) is 0. The fraction of sp³-hybridized carbons (Fsp3) is 0.571. The van der Waals surface area contributed by atoms with E-state index in [4.69, 9.17) is 10.7 Å². The van der Waals surface area contributed by atoms with E-state index in [1.54, 1.807) is 0 Å². The standard InChI is InChI=1S/C14H23N3O2/c1-10-6-11(2)16-13(7-10)12(3)17-19-9-14(4,5)8-18-15/h6-7H,8-9,15H2,1-5H3. The van der Waals surface area contributed by atoms with Crippen LogP contribution in [0.1, 0.15) is 37.7 Å². The van der Waals surface area contributed by atoms with Crippen molar-refractivity contribution in [3.63, 3.8) is 0 Å². The first-order valence-corrected chi connectivity index (χ1v) is 6.28. The van der Waals surface area contributed by atoms with E-state index in [-0.39, 0.29) is 5.41 Å². The molecule has 2 N–H and O–H groups in total. The van der Waals surface area contributed by atoms with Crippen LogP contribution in [0, 0.1) is 19.3 Å². The Morgan fingerprint density at radius 2 is 2.00 bits per heavy atom. The Labute approximate surface area is 114 Å². The third-order valence-electron chi connectivity index (χ3n) is 2.60. The third kappa shape index (κ3) is 5.36. The number of rotatable bonds is 6. The van der Waals surface area contributed by atoms with Gasteiger partial charge in [0, 0.05) is 11.1 Å². The van der Waals surface area contributed by atoms with Crippen LogP contribution in [0.25, 0.3) is 0 Å². The van der Waals surface area contributed by atoms with Crippen LogP contribution in [0.4, 0.5) is 0 Å². The van der Waals surface area contributed by atoms with Crippen LogP contribution in [0.2, 0.25) is 0 Å². The first-order chi connectivity index (χ1) is 8.84. The monoisotopic (exact) mass is 265 g/mol. The van der Waals surface area contributed by atoms with E-state index in [0.717, 1.165) is 22.7 Å². The zero-order valence-electron chi connectivity index (χ0n) is 12.4. The van der Waals surface area contributed by atoms with Gasteiger partial charge >= 0.3 is 0 Å². The van der Waals surface area contributed by atoms with Crippen LogP contribution in [-0.4, -0.2) is 23.9 Å². The molecule has 106 valence electrons. The summed E-state index contributed by atoms with van der Waals surface area (Å²) in [7, 11) is 0. The van der Waals surface area contributed by atoms with Gasteiger partial charge in [-0.2, -0.15) is 0 Å². The molecule has 0 radical (unpaired) electrons. The van der Waals surface area contributed by atoms with Gasteiger partial charge in [-0.3, -0.25) is 4.98 Å². The van der Waals surface area contributed by atoms with Gasteiger partial charge in [0.25, 0.3) is 0 Å². The SMILES string of the molecule is CC(=NOCC(C)(C)CON)c1cc(C)cc(C)n1. The maximum absolute atomic E-state index is 5.36. The lowest BCUT2D eigenvalue weighted by atomic mass is 9.97. The Kier molecular flexibility index (Phi) is 5.44. The Balaban J connectivity index is 2.67. The summed E-state index contributed by atoms with van der Waals surface area (Å²) in [6, 6.07) is 4.02. The molecule has 0 fully saturated rings. The highest BCUT2D eigenvalue weighted by molar-refractivity contribution is 5.96. The van der Waals surface area contributed by atoms with E-state index in [1.165, 1.54) is 0 Å². The molecular weight excluding hydrogens is 242 g/mol. The number of aryl methyl sites for hydroxylation is 2. The summed E-state index contributed by atoms with van der Waals surface area (Å²) in [5.74, 6) is 5.07. The molecule has 5 nitrogen and oxygen atoms in total. The van der Waals surface area contributed by atoms with Gasteiger partial charge in [-0.15, -0.1) is 0 Å². The molecule has 0 aliphatic rings. The summed E-state index contributed by atoms with van der Waals surface area (Å²) in [5.41, 5.74) is 3.56. The van der Waals surface area contributed by atoms with Crippen molar-refractivity contribution >= 4 is 5.71 Å². The highest BCUT2D eigenvalue weighted by atomic mass is 16.6. The largest absolute Gasteiger partial charge is 0.395 e. The molecule has 0 aliphatic carbocycles. The number of aromatic nitrogens is 1. The van der Waals surface area contributed by atoms with Crippen LogP contribution in [-0.2, 0) is 9.68 Å². The van der Waals surface area contributed by atoms with Gasteiger partial charge in [-0.05, 0) is 38.5 Å². The predicted molar refractivity (Wildman–Crippen MR) is 75.8 cm³/mol. The van der Waals surface area contributed by atoms with Crippen molar-refractivity contribution in [2.75, 3.05) is 13.2 Å². The zero-order chi connectivity index (χ0) is 14.5. The minimum Gasteiger partial charge on any atom is -0.395 e. The van der Waals surface area contributed by atoms with Crippen molar-refractivity contribution in [2.45, 2.75) is 34.6 Å². The van der Waals surface area contributed by atoms with Crippen molar-refractivity contribution in [3.05, 3.63) is 29.1 Å². The number of nitrogens with zero attached hydrogens (tertiary/aromatic N) is 2. The van der Waals surface area contributed by atoms with Gasteiger partial charge in [0.15, 0.2) is 0 Å². The summed E-state index contributed by atoms with van der Waals surface area (Å²) in [4.78, 5) is 14.4. The van der Waals surface area contributed by atoms with Crippen LogP contribution in [0.5, 0.6) is 0 Å². The Hall–Kier alpha value is -1.46. The molecule has 0 bridgehead atoms. The second-order valence-corrected chi connectivity index (χ2v) is 5.60. The van der Waals surface area contributed by atoms with E-state index in [1.807, 2.05) is 46.8 Å². The van der Waals surface area contributed by atoms with Crippen LogP contribution in [0.15, 0.2) is 17.3 Å². The normalized spacial score (nSPS) is 12.6. The lowest BCUT2D eigenvalue weighted by Crippen LogP contribution is -2.26. The van der Waals surface area contributed by atoms with Crippen LogP contribution in [0.3, 0.4) is 0 Å². The van der Waals surface area contributed by atoms with Gasteiger partial charge in [0.2, 0.25) is 0 Å². The van der Waals surface area contributed by atoms with Gasteiger partial charge in [-0.25, -0.2) is 5.90 Å². The van der Waals surface area contributed by atoms with E-state index in [9.17, 15) is 0 Å². The molecule has 0 aromatic carbocycles. The second kappa shape index (κ2) is 6.63. The van der Waals surface area contributed by atoms with E-state index in [2.05, 4.69) is 15.0 Å². The fourth-order valence-corrected chi connectivity index (χ4v) is 1.64. The van der Waals surface area contributed by atoms with Crippen LogP contribution < -0.4 is 5.90 Å². The van der Waals surface area contributed by atoms with Crippen molar-refractivity contribution in [3.8, 4) is 0 Å². The van der Waals surface area contributed by atoms with Gasteiger partial charge in [0.05, 0.1) is 12.3 Å². The Morgan fingerprint density at radius 1 is 1.32 bits per heavy atom. The Bertz CT molecular complexity index is 436. The molecule has 0 atom stereocenters. The molecule has 1 aromatic heterocycles. The molecule has 0 saturated carbocycles. The summed E-state index contributed by atoms with van der Waals surface area (Å²) in [5, 5.41) is 4.10. The zero-order valence-corrected chi connectivity index (χ0v) is 12.4. The maximum atomic E-state index is 5.36. The first-order valence-electron chi connectivity index (χ1n) is 6.28. The molecule has 1 heterocycles. The van der Waals surface area contributed by atoms with Gasteiger partial charge in [-0.1, -0.05) is 19.0 Å². The molecule has 0 aliphatic heterocycles. The molecule has 0 saturated heterocycles. The lowest BCUT2D eigenvalue weighted by Gasteiger charge is -2.20. The van der Waals surface area contributed by atoms with Crippen molar-refractivity contribution in [1.29, 1.82) is 0 Å². The summed E-state index contributed by atoms with van der Waals surface area (Å²) < 4.78 is 0. The van der Waals surface area contributed by atoms with Crippen LogP contribution >= 0.6 is 0 Å². The second-order valence-electron chi connectivity index (χ2n) is 5.60. The summed E-state index contributed by atoms with van der Waals surface area (Å²) >= 11 is 0. The molecule has 5 heteroatoms. The highest BCUT2D eigenvalue weighted by Gasteiger charge is 2.19. The molecule has 0 spiro atoms. The van der Waals surface area contributed by atoms with E-state index in [0.29, 0.717) is 13.2 Å². The summed E-state index contributed by atoms with van der Waals surface area (Å²) in [6.45, 7) is 10.7. The predicted octanol–water partition coefficient (Wildman–Crippen LogP) is 2.36. The van der Waals surface area contributed by atoms with Gasteiger partial charge in [0.1, 0.15) is 12.3 Å². The van der Waals surface area contributed by atoms with Gasteiger partial charge < -0.3 is 9.68 Å². The molecule has 19 heavy (non-hydrogen) atoms. The number of nitrogens with two attached hydrogens (primary N) is 1. The number of hydrogen-bond acceptors (Lipinski definition) is 5. The Morgan fingerprint density at radius 3 is 2.58 bits per heavy atom. The minimum atomic E-state index is -0.172. The topological polar surface area (TPSA) is 69.7 Å². The number of oxime groups is 1. The molecule has 1 aromatic rings. The maximum Gasteiger partial charge on any atom is 0.124 e. The average molecular weight is 265 g/mol. The average Bonchev–Trinajstić information content (AvgIpc) is 2.27. The smallest absolute Gasteiger partial charge is 0.124 e. The number of hydrogen-bond donors (Lipinski definition) is 1. The lowest BCUT2D eigenvalue weighted by molar-refractivity contribution is -0.00235.